The Morgan fingerprint density at radius 1 is 1.47 bits per heavy atom. The molecule has 0 aliphatic heterocycles. The molecule has 1 aromatic rings. The highest BCUT2D eigenvalue weighted by atomic mass is 19.1. The van der Waals surface area contributed by atoms with Crippen molar-refractivity contribution in [1.82, 2.24) is 5.32 Å². The van der Waals surface area contributed by atoms with Crippen LogP contribution in [0.4, 0.5) is 4.39 Å². The lowest BCUT2D eigenvalue weighted by Crippen LogP contribution is -2.25. The predicted octanol–water partition coefficient (Wildman–Crippen LogP) is 2.56. The maximum absolute atomic E-state index is 13.6. The van der Waals surface area contributed by atoms with Crippen LogP contribution in [0.3, 0.4) is 0 Å². The number of nitriles is 1. The van der Waals surface area contributed by atoms with Gasteiger partial charge in [0.05, 0.1) is 11.6 Å². The molecule has 1 rings (SSSR count). The molecule has 0 aliphatic carbocycles. The standard InChI is InChI=1S/C13H15FN2O/c1-10-6-5-7-11(12(10)14)13(17)16-9-4-2-3-8-15/h5-7H,2-4,9H2,1H3,(H,16,17). The molecule has 0 bridgehead atoms. The van der Waals surface area contributed by atoms with E-state index in [0.717, 1.165) is 12.8 Å². The van der Waals surface area contributed by atoms with Gasteiger partial charge in [-0.2, -0.15) is 5.26 Å². The molecule has 0 aromatic heterocycles. The minimum atomic E-state index is -0.470. The molecule has 90 valence electrons. The van der Waals surface area contributed by atoms with Crippen molar-refractivity contribution in [3.63, 3.8) is 0 Å². The van der Waals surface area contributed by atoms with Crippen LogP contribution in [-0.2, 0) is 0 Å². The van der Waals surface area contributed by atoms with Crippen LogP contribution >= 0.6 is 0 Å². The molecule has 4 heteroatoms. The zero-order valence-corrected chi connectivity index (χ0v) is 9.79. The number of unbranched alkanes of at least 4 members (excludes halogenated alkanes) is 2. The van der Waals surface area contributed by atoms with Gasteiger partial charge in [0, 0.05) is 13.0 Å². The molecule has 17 heavy (non-hydrogen) atoms. The van der Waals surface area contributed by atoms with E-state index >= 15 is 0 Å². The summed E-state index contributed by atoms with van der Waals surface area (Å²) in [7, 11) is 0. The lowest BCUT2D eigenvalue weighted by molar-refractivity contribution is 0.0949. The van der Waals surface area contributed by atoms with Gasteiger partial charge in [-0.3, -0.25) is 4.79 Å². The number of nitrogens with zero attached hydrogens (tertiary/aromatic N) is 1. The summed E-state index contributed by atoms with van der Waals surface area (Å²) in [5, 5.41) is 11.0. The third-order valence-electron chi connectivity index (χ3n) is 2.44. The number of carbonyl (C=O) groups excluding carboxylic acids is 1. The van der Waals surface area contributed by atoms with Crippen LogP contribution < -0.4 is 5.32 Å². The van der Waals surface area contributed by atoms with E-state index in [4.69, 9.17) is 5.26 Å². The number of nitrogens with one attached hydrogen (secondary N) is 1. The Balaban J connectivity index is 2.48. The van der Waals surface area contributed by atoms with Crippen LogP contribution in [0.25, 0.3) is 0 Å². The Hall–Kier alpha value is -1.89. The molecule has 1 amide bonds. The van der Waals surface area contributed by atoms with E-state index in [2.05, 4.69) is 5.32 Å². The molecule has 1 aromatic carbocycles. The minimum absolute atomic E-state index is 0.0743. The van der Waals surface area contributed by atoms with Crippen molar-refractivity contribution in [2.45, 2.75) is 26.2 Å². The summed E-state index contributed by atoms with van der Waals surface area (Å²) in [5.74, 6) is -0.870. The minimum Gasteiger partial charge on any atom is -0.352 e. The molecule has 0 unspecified atom stereocenters. The van der Waals surface area contributed by atoms with E-state index < -0.39 is 11.7 Å². The van der Waals surface area contributed by atoms with Crippen LogP contribution in [0.15, 0.2) is 18.2 Å². The molecule has 3 nitrogen and oxygen atoms in total. The van der Waals surface area contributed by atoms with Crippen molar-refractivity contribution in [2.75, 3.05) is 6.54 Å². The van der Waals surface area contributed by atoms with Crippen molar-refractivity contribution in [3.8, 4) is 6.07 Å². The topological polar surface area (TPSA) is 52.9 Å². The zero-order valence-electron chi connectivity index (χ0n) is 9.79. The number of halogens is 1. The van der Waals surface area contributed by atoms with Crippen LogP contribution in [-0.4, -0.2) is 12.5 Å². The fraction of sp³-hybridized carbons (Fsp3) is 0.385. The van der Waals surface area contributed by atoms with Gasteiger partial charge in [0.2, 0.25) is 0 Å². The van der Waals surface area contributed by atoms with Gasteiger partial charge in [-0.1, -0.05) is 12.1 Å². The highest BCUT2D eigenvalue weighted by Crippen LogP contribution is 2.11. The average molecular weight is 234 g/mol. The van der Waals surface area contributed by atoms with Crippen molar-refractivity contribution in [1.29, 1.82) is 5.26 Å². The summed E-state index contributed by atoms with van der Waals surface area (Å²) in [4.78, 5) is 11.6. The fourth-order valence-corrected chi connectivity index (χ4v) is 1.45. The van der Waals surface area contributed by atoms with E-state index in [-0.39, 0.29) is 5.56 Å². The number of hydrogen-bond acceptors (Lipinski definition) is 2. The number of hydrogen-bond donors (Lipinski definition) is 1. The van der Waals surface area contributed by atoms with Gasteiger partial charge in [-0.05, 0) is 31.4 Å². The van der Waals surface area contributed by atoms with Crippen LogP contribution in [0.2, 0.25) is 0 Å². The number of rotatable bonds is 5. The lowest BCUT2D eigenvalue weighted by Gasteiger charge is -2.06. The van der Waals surface area contributed by atoms with Gasteiger partial charge in [-0.15, -0.1) is 0 Å². The maximum Gasteiger partial charge on any atom is 0.254 e. The van der Waals surface area contributed by atoms with Gasteiger partial charge < -0.3 is 5.32 Å². The first-order chi connectivity index (χ1) is 8.16. The first kappa shape index (κ1) is 13.2. The Labute approximate surface area is 100 Å². The number of carbonyl (C=O) groups is 1. The van der Waals surface area contributed by atoms with Crippen LogP contribution in [0.1, 0.15) is 35.2 Å². The molecule has 0 aliphatic rings. The maximum atomic E-state index is 13.6. The molecule has 0 heterocycles. The molecule has 0 spiro atoms. The summed E-state index contributed by atoms with van der Waals surface area (Å²) in [6.07, 6.45) is 1.95. The Morgan fingerprint density at radius 3 is 2.94 bits per heavy atom. The van der Waals surface area contributed by atoms with E-state index in [1.807, 2.05) is 6.07 Å². The first-order valence-electron chi connectivity index (χ1n) is 5.57. The summed E-state index contributed by atoms with van der Waals surface area (Å²) < 4.78 is 13.6. The SMILES string of the molecule is Cc1cccc(C(=O)NCCCCC#N)c1F. The van der Waals surface area contributed by atoms with Crippen molar-refractivity contribution in [2.24, 2.45) is 0 Å². The van der Waals surface area contributed by atoms with Gasteiger partial charge in [0.15, 0.2) is 0 Å². The Morgan fingerprint density at radius 2 is 2.24 bits per heavy atom. The third kappa shape index (κ3) is 3.87. The second-order valence-electron chi connectivity index (χ2n) is 3.81. The van der Waals surface area contributed by atoms with E-state index in [0.29, 0.717) is 18.5 Å². The van der Waals surface area contributed by atoms with E-state index in [1.165, 1.54) is 6.07 Å². The fourth-order valence-electron chi connectivity index (χ4n) is 1.45. The van der Waals surface area contributed by atoms with Crippen molar-refractivity contribution < 1.29 is 9.18 Å². The normalized spacial score (nSPS) is 9.71. The summed E-state index contributed by atoms with van der Waals surface area (Å²) in [5.41, 5.74) is 0.535. The van der Waals surface area contributed by atoms with Gasteiger partial charge >= 0.3 is 0 Å². The zero-order chi connectivity index (χ0) is 12.7. The van der Waals surface area contributed by atoms with Gasteiger partial charge in [0.1, 0.15) is 5.82 Å². The summed E-state index contributed by atoms with van der Waals surface area (Å²) >= 11 is 0. The molecular weight excluding hydrogens is 219 g/mol. The highest BCUT2D eigenvalue weighted by Gasteiger charge is 2.11. The van der Waals surface area contributed by atoms with Crippen molar-refractivity contribution in [3.05, 3.63) is 35.1 Å². The molecule has 0 saturated heterocycles. The Bertz CT molecular complexity index is 438. The summed E-state index contributed by atoms with van der Waals surface area (Å²) in [6.45, 7) is 2.09. The molecule has 0 radical (unpaired) electrons. The second kappa shape index (κ2) is 6.64. The predicted molar refractivity (Wildman–Crippen MR) is 62.9 cm³/mol. The van der Waals surface area contributed by atoms with Gasteiger partial charge in [0.25, 0.3) is 5.91 Å². The molecule has 0 atom stereocenters. The van der Waals surface area contributed by atoms with E-state index in [1.54, 1.807) is 19.1 Å². The molecule has 1 N–H and O–H groups in total. The molecule has 0 fully saturated rings. The van der Waals surface area contributed by atoms with Crippen molar-refractivity contribution >= 4 is 5.91 Å². The monoisotopic (exact) mass is 234 g/mol. The third-order valence-corrected chi connectivity index (χ3v) is 2.44. The number of aryl methyl sites for hydroxylation is 1. The van der Waals surface area contributed by atoms with E-state index in [9.17, 15) is 9.18 Å². The smallest absolute Gasteiger partial charge is 0.254 e. The first-order valence-corrected chi connectivity index (χ1v) is 5.57. The van der Waals surface area contributed by atoms with Gasteiger partial charge in [-0.25, -0.2) is 4.39 Å². The quantitative estimate of drug-likeness (QED) is 0.796. The largest absolute Gasteiger partial charge is 0.352 e. The Kier molecular flexibility index (Phi) is 5.15. The number of amides is 1. The number of benzene rings is 1. The van der Waals surface area contributed by atoms with Crippen LogP contribution in [0, 0.1) is 24.1 Å². The highest BCUT2D eigenvalue weighted by molar-refractivity contribution is 5.94. The second-order valence-corrected chi connectivity index (χ2v) is 3.81. The summed E-state index contributed by atoms with van der Waals surface area (Å²) in [6, 6.07) is 6.78. The molecule has 0 saturated carbocycles. The molecular formula is C13H15FN2O. The van der Waals surface area contributed by atoms with Crippen LogP contribution in [0.5, 0.6) is 0 Å². The lowest BCUT2D eigenvalue weighted by atomic mass is 10.1. The average Bonchev–Trinajstić information content (AvgIpc) is 2.32.